The number of methoxy groups -OCH3 is 1. The van der Waals surface area contributed by atoms with Gasteiger partial charge < -0.3 is 24.3 Å². The van der Waals surface area contributed by atoms with Gasteiger partial charge in [-0.3, -0.25) is 4.79 Å². The van der Waals surface area contributed by atoms with E-state index in [-0.39, 0.29) is 46.1 Å². The summed E-state index contributed by atoms with van der Waals surface area (Å²) >= 11 is 6.10. The fraction of sp³-hybridized carbons (Fsp3) is 0.188. The van der Waals surface area contributed by atoms with E-state index in [4.69, 9.17) is 25.8 Å². The van der Waals surface area contributed by atoms with Crippen molar-refractivity contribution in [3.8, 4) is 28.6 Å². The van der Waals surface area contributed by atoms with E-state index in [0.717, 1.165) is 7.11 Å². The molecule has 1 aliphatic rings. The molecule has 1 amide bonds. The number of halogens is 2. The first kappa shape index (κ1) is 17.7. The van der Waals surface area contributed by atoms with Gasteiger partial charge in [-0.25, -0.2) is 14.2 Å². The van der Waals surface area contributed by atoms with Crippen molar-refractivity contribution in [3.63, 3.8) is 0 Å². The molecule has 0 atom stereocenters. The molecule has 1 aliphatic heterocycles. The summed E-state index contributed by atoms with van der Waals surface area (Å²) in [6.07, 6.45) is -1.07. The van der Waals surface area contributed by atoms with Crippen LogP contribution in [0.25, 0.3) is 11.3 Å². The van der Waals surface area contributed by atoms with E-state index in [1.807, 2.05) is 0 Å². The summed E-state index contributed by atoms with van der Waals surface area (Å²) < 4.78 is 34.2. The Kier molecular flexibility index (Phi) is 4.81. The molecule has 1 aromatic carbocycles. The van der Waals surface area contributed by atoms with Gasteiger partial charge >= 0.3 is 6.16 Å². The topological polar surface area (TPSA) is 96.0 Å². The Hall–Kier alpha value is -3.07. The van der Waals surface area contributed by atoms with E-state index in [0.29, 0.717) is 0 Å². The van der Waals surface area contributed by atoms with E-state index >= 15 is 0 Å². The van der Waals surface area contributed by atoms with E-state index < -0.39 is 17.9 Å². The molecular formula is C16H12ClFN2O6. The SMILES string of the molecule is COC(=O)Oc1nc(-c2ccc3c(c2F)OCO3)cc(NC(C)=O)c1Cl. The number of amides is 1. The summed E-state index contributed by atoms with van der Waals surface area (Å²) in [5, 5.41) is 2.32. The van der Waals surface area contributed by atoms with Gasteiger partial charge in [0.25, 0.3) is 0 Å². The zero-order chi connectivity index (χ0) is 18.8. The molecule has 0 fully saturated rings. The van der Waals surface area contributed by atoms with Crippen LogP contribution in [0.4, 0.5) is 14.9 Å². The molecule has 26 heavy (non-hydrogen) atoms. The zero-order valence-electron chi connectivity index (χ0n) is 13.6. The summed E-state index contributed by atoms with van der Waals surface area (Å²) in [5.41, 5.74) is 0.167. The molecule has 0 radical (unpaired) electrons. The van der Waals surface area contributed by atoms with Crippen LogP contribution < -0.4 is 19.5 Å². The number of fused-ring (bicyclic) bond motifs is 1. The molecular weight excluding hydrogens is 371 g/mol. The van der Waals surface area contributed by atoms with Crippen molar-refractivity contribution in [2.24, 2.45) is 0 Å². The average Bonchev–Trinajstić information content (AvgIpc) is 3.07. The second-order valence-corrected chi connectivity index (χ2v) is 5.45. The fourth-order valence-electron chi connectivity index (χ4n) is 2.25. The van der Waals surface area contributed by atoms with Crippen molar-refractivity contribution in [2.75, 3.05) is 19.2 Å². The highest BCUT2D eigenvalue weighted by Gasteiger charge is 2.24. The third-order valence-electron chi connectivity index (χ3n) is 3.34. The molecule has 0 saturated carbocycles. The molecule has 8 nitrogen and oxygen atoms in total. The van der Waals surface area contributed by atoms with Crippen LogP contribution in [-0.4, -0.2) is 30.9 Å². The molecule has 0 unspecified atom stereocenters. The number of anilines is 1. The lowest BCUT2D eigenvalue weighted by Gasteiger charge is -2.13. The van der Waals surface area contributed by atoms with Crippen LogP contribution in [0.15, 0.2) is 18.2 Å². The summed E-state index contributed by atoms with van der Waals surface area (Å²) in [7, 11) is 1.10. The van der Waals surface area contributed by atoms with Crippen LogP contribution in [0, 0.1) is 5.82 Å². The predicted molar refractivity (Wildman–Crippen MR) is 88.1 cm³/mol. The number of carbonyl (C=O) groups excluding carboxylic acids is 2. The van der Waals surface area contributed by atoms with Crippen molar-refractivity contribution in [1.82, 2.24) is 4.98 Å². The van der Waals surface area contributed by atoms with Crippen molar-refractivity contribution < 1.29 is 32.9 Å². The average molecular weight is 383 g/mol. The van der Waals surface area contributed by atoms with Gasteiger partial charge in [-0.15, -0.1) is 0 Å². The molecule has 0 aliphatic carbocycles. The van der Waals surface area contributed by atoms with Gasteiger partial charge in [0.15, 0.2) is 11.6 Å². The highest BCUT2D eigenvalue weighted by Crippen LogP contribution is 2.41. The molecule has 2 heterocycles. The van der Waals surface area contributed by atoms with E-state index in [1.54, 1.807) is 0 Å². The Bertz CT molecular complexity index is 905. The molecule has 136 valence electrons. The number of rotatable bonds is 3. The standard InChI is InChI=1S/C16H12ClFN2O6/c1-7(21)19-10-5-9(20-15(12(10)17)26-16(22)23-2)8-3-4-11-14(13(8)18)25-6-24-11/h3-5H,6H2,1-2H3,(H,19,20,21). The number of nitrogens with one attached hydrogen (secondary N) is 1. The zero-order valence-corrected chi connectivity index (χ0v) is 14.3. The normalized spacial score (nSPS) is 11.8. The third kappa shape index (κ3) is 3.33. The maximum absolute atomic E-state index is 14.7. The van der Waals surface area contributed by atoms with Crippen LogP contribution in [0.2, 0.25) is 5.02 Å². The molecule has 10 heteroatoms. The van der Waals surface area contributed by atoms with Gasteiger partial charge in [-0.1, -0.05) is 11.6 Å². The van der Waals surface area contributed by atoms with Gasteiger partial charge in [0.1, 0.15) is 5.02 Å². The van der Waals surface area contributed by atoms with Gasteiger partial charge in [-0.05, 0) is 18.2 Å². The minimum Gasteiger partial charge on any atom is -0.453 e. The van der Waals surface area contributed by atoms with Crippen LogP contribution in [0.3, 0.4) is 0 Å². The number of carbonyl (C=O) groups is 2. The van der Waals surface area contributed by atoms with Crippen molar-refractivity contribution in [2.45, 2.75) is 6.92 Å². The lowest BCUT2D eigenvalue weighted by molar-refractivity contribution is -0.114. The quantitative estimate of drug-likeness (QED) is 0.813. The smallest absolute Gasteiger partial charge is 0.453 e. The van der Waals surface area contributed by atoms with Gasteiger partial charge in [0.05, 0.1) is 18.5 Å². The number of ether oxygens (including phenoxy) is 4. The lowest BCUT2D eigenvalue weighted by atomic mass is 10.1. The van der Waals surface area contributed by atoms with Gasteiger partial charge in [-0.2, -0.15) is 0 Å². The molecule has 3 rings (SSSR count). The van der Waals surface area contributed by atoms with E-state index in [1.165, 1.54) is 25.1 Å². The fourth-order valence-corrected chi connectivity index (χ4v) is 2.43. The Balaban J connectivity index is 2.13. The lowest BCUT2D eigenvalue weighted by Crippen LogP contribution is -2.12. The van der Waals surface area contributed by atoms with Crippen molar-refractivity contribution in [1.29, 1.82) is 0 Å². The second-order valence-electron chi connectivity index (χ2n) is 5.07. The van der Waals surface area contributed by atoms with Crippen LogP contribution in [0.1, 0.15) is 6.92 Å². The first-order valence-corrected chi connectivity index (χ1v) is 7.61. The Labute approximate surface area is 151 Å². The van der Waals surface area contributed by atoms with E-state index in [9.17, 15) is 14.0 Å². The predicted octanol–water partition coefficient (Wildman–Crippen LogP) is 3.37. The van der Waals surface area contributed by atoms with Crippen LogP contribution >= 0.6 is 11.6 Å². The van der Waals surface area contributed by atoms with Crippen molar-refractivity contribution >= 4 is 29.4 Å². The number of pyridine rings is 1. The largest absolute Gasteiger partial charge is 0.514 e. The molecule has 1 N–H and O–H groups in total. The maximum atomic E-state index is 14.7. The first-order chi connectivity index (χ1) is 12.4. The minimum absolute atomic E-state index is 0.0345. The molecule has 0 saturated heterocycles. The summed E-state index contributed by atoms with van der Waals surface area (Å²) in [4.78, 5) is 26.8. The summed E-state index contributed by atoms with van der Waals surface area (Å²) in [5.74, 6) is -1.30. The Morgan fingerprint density at radius 1 is 1.35 bits per heavy atom. The van der Waals surface area contributed by atoms with Crippen LogP contribution in [-0.2, 0) is 9.53 Å². The summed E-state index contributed by atoms with van der Waals surface area (Å²) in [6.45, 7) is 1.16. The van der Waals surface area contributed by atoms with Gasteiger partial charge in [0.2, 0.25) is 24.3 Å². The number of benzene rings is 1. The van der Waals surface area contributed by atoms with Gasteiger partial charge in [0, 0.05) is 12.5 Å². The first-order valence-electron chi connectivity index (χ1n) is 7.23. The molecule has 0 spiro atoms. The molecule has 2 aromatic rings. The Morgan fingerprint density at radius 2 is 2.12 bits per heavy atom. The monoisotopic (exact) mass is 382 g/mol. The van der Waals surface area contributed by atoms with Crippen LogP contribution in [0.5, 0.6) is 17.4 Å². The molecule has 1 aromatic heterocycles. The third-order valence-corrected chi connectivity index (χ3v) is 3.70. The number of nitrogens with zero attached hydrogens (tertiary/aromatic N) is 1. The molecule has 0 bridgehead atoms. The van der Waals surface area contributed by atoms with E-state index in [2.05, 4.69) is 15.0 Å². The Morgan fingerprint density at radius 3 is 2.81 bits per heavy atom. The number of hydrogen-bond acceptors (Lipinski definition) is 7. The van der Waals surface area contributed by atoms with Crippen molar-refractivity contribution in [3.05, 3.63) is 29.0 Å². The maximum Gasteiger partial charge on any atom is 0.514 e. The summed E-state index contributed by atoms with van der Waals surface area (Å²) in [6, 6.07) is 4.27. The number of aromatic nitrogens is 1. The highest BCUT2D eigenvalue weighted by molar-refractivity contribution is 6.35. The highest BCUT2D eigenvalue weighted by atomic mass is 35.5. The minimum atomic E-state index is -1.07. The second kappa shape index (κ2) is 7.04. The number of hydrogen-bond donors (Lipinski definition) is 1.